The van der Waals surface area contributed by atoms with Gasteiger partial charge in [0.2, 0.25) is 0 Å². The smallest absolute Gasteiger partial charge is 0.265 e. The molecule has 62 valence electrons. The Kier molecular flexibility index (Phi) is 3.80. The second kappa shape index (κ2) is 3.87. The van der Waals surface area contributed by atoms with Gasteiger partial charge in [-0.05, 0) is 5.92 Å². The van der Waals surface area contributed by atoms with Crippen molar-refractivity contribution in [1.29, 1.82) is 0 Å². The van der Waals surface area contributed by atoms with Crippen LogP contribution in [0.15, 0.2) is 0 Å². The summed E-state index contributed by atoms with van der Waals surface area (Å²) < 4.78 is 28.6. The fourth-order valence-corrected chi connectivity index (χ4v) is 1.41. The van der Waals surface area contributed by atoms with Gasteiger partial charge in [-0.3, -0.25) is 4.55 Å². The standard InChI is InChI=1S/C4H11NO4S/c1-4(2-5-6)3-10(7,8)9/h4-6H,2-3H2,1H3,(H,7,8,9). The van der Waals surface area contributed by atoms with Crippen LogP contribution in [0.25, 0.3) is 0 Å². The first-order chi connectivity index (χ1) is 4.45. The van der Waals surface area contributed by atoms with Gasteiger partial charge in [0.1, 0.15) is 0 Å². The largest absolute Gasteiger partial charge is 0.317 e. The summed E-state index contributed by atoms with van der Waals surface area (Å²) >= 11 is 0. The molecule has 3 N–H and O–H groups in total. The predicted molar refractivity (Wildman–Crippen MR) is 35.4 cm³/mol. The van der Waals surface area contributed by atoms with Crippen molar-refractivity contribution in [2.45, 2.75) is 6.92 Å². The molecule has 0 aromatic heterocycles. The fourth-order valence-electron chi connectivity index (χ4n) is 0.574. The average molecular weight is 169 g/mol. The predicted octanol–water partition coefficient (Wildman–Crippen LogP) is -0.511. The zero-order valence-corrected chi connectivity index (χ0v) is 6.43. The van der Waals surface area contributed by atoms with Gasteiger partial charge in [-0.1, -0.05) is 6.92 Å². The van der Waals surface area contributed by atoms with Gasteiger partial charge >= 0.3 is 0 Å². The van der Waals surface area contributed by atoms with E-state index in [2.05, 4.69) is 0 Å². The molecule has 0 saturated carbocycles. The van der Waals surface area contributed by atoms with E-state index >= 15 is 0 Å². The van der Waals surface area contributed by atoms with Crippen molar-refractivity contribution in [3.05, 3.63) is 0 Å². The summed E-state index contributed by atoms with van der Waals surface area (Å²) in [6.07, 6.45) is 0. The van der Waals surface area contributed by atoms with Crippen LogP contribution in [-0.4, -0.2) is 30.5 Å². The van der Waals surface area contributed by atoms with Crippen LogP contribution >= 0.6 is 0 Å². The molecule has 0 aliphatic rings. The number of nitrogens with one attached hydrogen (secondary N) is 1. The molecule has 0 aliphatic carbocycles. The third-order valence-electron chi connectivity index (χ3n) is 0.935. The van der Waals surface area contributed by atoms with Crippen molar-refractivity contribution in [2.75, 3.05) is 12.3 Å². The number of rotatable bonds is 4. The highest BCUT2D eigenvalue weighted by Gasteiger charge is 2.10. The van der Waals surface area contributed by atoms with Crippen LogP contribution in [0.5, 0.6) is 0 Å². The number of hydroxylamine groups is 1. The van der Waals surface area contributed by atoms with Gasteiger partial charge in [-0.25, -0.2) is 5.48 Å². The van der Waals surface area contributed by atoms with Gasteiger partial charge < -0.3 is 5.21 Å². The third kappa shape index (κ3) is 5.96. The first-order valence-corrected chi connectivity index (χ1v) is 4.38. The summed E-state index contributed by atoms with van der Waals surface area (Å²) in [6.45, 7) is 1.75. The molecule has 10 heavy (non-hydrogen) atoms. The Morgan fingerprint density at radius 2 is 2.10 bits per heavy atom. The highest BCUT2D eigenvalue weighted by molar-refractivity contribution is 7.85. The second-order valence-corrected chi connectivity index (χ2v) is 3.71. The summed E-state index contributed by atoms with van der Waals surface area (Å²) in [7, 11) is -3.90. The van der Waals surface area contributed by atoms with Crippen LogP contribution in [0.2, 0.25) is 0 Å². The topological polar surface area (TPSA) is 86.6 Å². The van der Waals surface area contributed by atoms with Crippen LogP contribution in [0.4, 0.5) is 0 Å². The average Bonchev–Trinajstić information content (AvgIpc) is 1.59. The zero-order valence-electron chi connectivity index (χ0n) is 5.61. The molecule has 5 nitrogen and oxygen atoms in total. The van der Waals surface area contributed by atoms with E-state index in [1.807, 2.05) is 5.48 Å². The molecule has 0 aromatic rings. The molecule has 0 aromatic carbocycles. The maximum Gasteiger partial charge on any atom is 0.265 e. The Labute approximate surface area is 59.8 Å². The van der Waals surface area contributed by atoms with Gasteiger partial charge in [0, 0.05) is 6.54 Å². The van der Waals surface area contributed by atoms with Crippen molar-refractivity contribution >= 4 is 10.1 Å². The molecule has 0 spiro atoms. The van der Waals surface area contributed by atoms with Crippen LogP contribution in [0, 0.1) is 5.92 Å². The van der Waals surface area contributed by atoms with E-state index in [1.165, 1.54) is 0 Å². The van der Waals surface area contributed by atoms with E-state index in [9.17, 15) is 8.42 Å². The lowest BCUT2D eigenvalue weighted by Gasteiger charge is -2.05. The van der Waals surface area contributed by atoms with Gasteiger partial charge in [0.05, 0.1) is 5.75 Å². The summed E-state index contributed by atoms with van der Waals surface area (Å²) in [5.74, 6) is -0.624. The Morgan fingerprint density at radius 1 is 1.60 bits per heavy atom. The number of hydrogen-bond donors (Lipinski definition) is 3. The second-order valence-electron chi connectivity index (χ2n) is 2.22. The van der Waals surface area contributed by atoms with E-state index in [-0.39, 0.29) is 18.2 Å². The maximum absolute atomic E-state index is 10.2. The van der Waals surface area contributed by atoms with Crippen LogP contribution < -0.4 is 5.48 Å². The van der Waals surface area contributed by atoms with Crippen molar-refractivity contribution in [1.82, 2.24) is 5.48 Å². The van der Waals surface area contributed by atoms with E-state index < -0.39 is 10.1 Å². The Hall–Kier alpha value is -0.170. The normalized spacial score (nSPS) is 15.1. The molecule has 0 aliphatic heterocycles. The van der Waals surface area contributed by atoms with Gasteiger partial charge in [-0.15, -0.1) is 0 Å². The van der Waals surface area contributed by atoms with Crippen LogP contribution in [0.1, 0.15) is 6.92 Å². The van der Waals surface area contributed by atoms with Crippen molar-refractivity contribution in [3.8, 4) is 0 Å². The lowest BCUT2D eigenvalue weighted by atomic mass is 10.2. The number of hydrogen-bond acceptors (Lipinski definition) is 4. The zero-order chi connectivity index (χ0) is 8.20. The maximum atomic E-state index is 10.2. The van der Waals surface area contributed by atoms with Crippen LogP contribution in [-0.2, 0) is 10.1 Å². The summed E-state index contributed by atoms with van der Waals surface area (Å²) in [5, 5.41) is 8.11. The third-order valence-corrected chi connectivity index (χ3v) is 1.93. The molecule has 1 unspecified atom stereocenters. The molecular weight excluding hydrogens is 158 g/mol. The molecule has 0 amide bonds. The van der Waals surface area contributed by atoms with Crippen LogP contribution in [0.3, 0.4) is 0 Å². The van der Waals surface area contributed by atoms with E-state index in [1.54, 1.807) is 6.92 Å². The molecule has 6 heteroatoms. The van der Waals surface area contributed by atoms with E-state index in [4.69, 9.17) is 9.76 Å². The van der Waals surface area contributed by atoms with Crippen molar-refractivity contribution in [3.63, 3.8) is 0 Å². The van der Waals surface area contributed by atoms with Gasteiger partial charge in [0.15, 0.2) is 0 Å². The minimum atomic E-state index is -3.90. The minimum absolute atomic E-state index is 0.153. The van der Waals surface area contributed by atoms with E-state index in [0.717, 1.165) is 0 Å². The lowest BCUT2D eigenvalue weighted by Crippen LogP contribution is -2.23. The Balaban J connectivity index is 3.69. The van der Waals surface area contributed by atoms with Crippen molar-refractivity contribution < 1.29 is 18.2 Å². The Bertz CT molecular complexity index is 176. The first-order valence-electron chi connectivity index (χ1n) is 2.78. The van der Waals surface area contributed by atoms with Crippen molar-refractivity contribution in [2.24, 2.45) is 5.92 Å². The highest BCUT2D eigenvalue weighted by Crippen LogP contribution is 1.96. The molecule has 1 atom stereocenters. The summed E-state index contributed by atoms with van der Waals surface area (Å²) in [5.41, 5.74) is 1.81. The summed E-state index contributed by atoms with van der Waals surface area (Å²) in [4.78, 5) is 0. The first kappa shape index (κ1) is 9.83. The Morgan fingerprint density at radius 3 is 2.40 bits per heavy atom. The monoisotopic (exact) mass is 169 g/mol. The van der Waals surface area contributed by atoms with Gasteiger partial charge in [0.25, 0.3) is 10.1 Å². The molecule has 0 fully saturated rings. The molecule has 0 heterocycles. The lowest BCUT2D eigenvalue weighted by molar-refractivity contribution is 0.154. The quantitative estimate of drug-likeness (QED) is 0.389. The van der Waals surface area contributed by atoms with E-state index in [0.29, 0.717) is 0 Å². The minimum Gasteiger partial charge on any atom is -0.317 e. The highest BCUT2D eigenvalue weighted by atomic mass is 32.2. The molecule has 0 radical (unpaired) electrons. The summed E-state index contributed by atoms with van der Waals surface area (Å²) in [6, 6.07) is 0. The molecular formula is C4H11NO4S. The molecule has 0 bridgehead atoms. The van der Waals surface area contributed by atoms with Gasteiger partial charge in [-0.2, -0.15) is 8.42 Å². The SMILES string of the molecule is CC(CNO)CS(=O)(=O)O. The fraction of sp³-hybridized carbons (Fsp3) is 1.00. The molecule has 0 rings (SSSR count). The molecule has 0 saturated heterocycles.